The van der Waals surface area contributed by atoms with Crippen molar-refractivity contribution in [2.45, 2.75) is 11.1 Å². The number of aromatic nitrogens is 3. The van der Waals surface area contributed by atoms with Gasteiger partial charge in [-0.2, -0.15) is 4.31 Å². The third kappa shape index (κ3) is 4.41. The van der Waals surface area contributed by atoms with Gasteiger partial charge in [0.1, 0.15) is 4.21 Å². The molecule has 1 aromatic carbocycles. The summed E-state index contributed by atoms with van der Waals surface area (Å²) in [5.41, 5.74) is 2.53. The van der Waals surface area contributed by atoms with Crippen LogP contribution in [0.4, 0.5) is 0 Å². The second-order valence-corrected chi connectivity index (χ2v) is 11.6. The minimum absolute atomic E-state index is 0.0779. The van der Waals surface area contributed by atoms with Crippen LogP contribution < -0.4 is 0 Å². The van der Waals surface area contributed by atoms with Gasteiger partial charge in [-0.05, 0) is 48.2 Å². The predicted octanol–water partition coefficient (Wildman–Crippen LogP) is 3.86. The van der Waals surface area contributed by atoms with Gasteiger partial charge >= 0.3 is 0 Å². The van der Waals surface area contributed by atoms with Crippen molar-refractivity contribution in [3.05, 3.63) is 71.4 Å². The van der Waals surface area contributed by atoms with E-state index in [1.54, 1.807) is 41.7 Å². The molecule has 8 nitrogen and oxygen atoms in total. The van der Waals surface area contributed by atoms with E-state index in [0.29, 0.717) is 5.02 Å². The number of sulfonamides is 1. The Labute approximate surface area is 205 Å². The van der Waals surface area contributed by atoms with E-state index in [0.717, 1.165) is 26.9 Å². The van der Waals surface area contributed by atoms with Crippen molar-refractivity contribution in [1.82, 2.24) is 24.2 Å². The Morgan fingerprint density at radius 1 is 1.00 bits per heavy atom. The van der Waals surface area contributed by atoms with Crippen molar-refractivity contribution in [3.63, 3.8) is 0 Å². The quantitative estimate of drug-likeness (QED) is 0.411. The highest BCUT2D eigenvalue weighted by atomic mass is 35.5. The van der Waals surface area contributed by atoms with E-state index in [2.05, 4.69) is 15.0 Å². The van der Waals surface area contributed by atoms with Gasteiger partial charge in [-0.25, -0.2) is 18.4 Å². The third-order valence-electron chi connectivity index (χ3n) is 5.63. The molecular weight excluding hydrogens is 494 g/mol. The maximum Gasteiger partial charge on any atom is 0.291 e. The molecule has 0 radical (unpaired) electrons. The summed E-state index contributed by atoms with van der Waals surface area (Å²) in [6, 6.07) is 10.8. The zero-order valence-corrected chi connectivity index (χ0v) is 20.6. The van der Waals surface area contributed by atoms with Gasteiger partial charge in [0.25, 0.3) is 15.9 Å². The number of hydrogen-bond donors (Lipinski definition) is 0. The number of pyridine rings is 1. The van der Waals surface area contributed by atoms with Crippen LogP contribution in [0.1, 0.15) is 16.2 Å². The first-order valence-electron chi connectivity index (χ1n) is 10.5. The summed E-state index contributed by atoms with van der Waals surface area (Å²) in [6.45, 7) is 2.90. The van der Waals surface area contributed by atoms with Crippen LogP contribution in [-0.4, -0.2) is 64.7 Å². The molecule has 174 valence electrons. The number of rotatable bonds is 4. The van der Waals surface area contributed by atoms with Crippen LogP contribution in [0.5, 0.6) is 0 Å². The molecular formula is C23H20ClN5O3S2. The number of carbonyl (C=O) groups excluding carboxylic acids is 1. The molecule has 3 aromatic heterocycles. The largest absolute Gasteiger partial charge is 0.333 e. The Kier molecular flexibility index (Phi) is 6.07. The molecule has 0 bridgehead atoms. The number of carbonyl (C=O) groups is 1. The Bertz CT molecular complexity index is 1480. The van der Waals surface area contributed by atoms with E-state index in [1.807, 2.05) is 25.1 Å². The molecule has 4 aromatic rings. The van der Waals surface area contributed by atoms with Crippen molar-refractivity contribution in [2.24, 2.45) is 0 Å². The topological polar surface area (TPSA) is 96.4 Å². The summed E-state index contributed by atoms with van der Waals surface area (Å²) in [5.74, 6) is -0.244. The van der Waals surface area contributed by atoms with Crippen molar-refractivity contribution in [1.29, 1.82) is 0 Å². The highest BCUT2D eigenvalue weighted by molar-refractivity contribution is 7.91. The predicted molar refractivity (Wildman–Crippen MR) is 131 cm³/mol. The summed E-state index contributed by atoms with van der Waals surface area (Å²) in [4.78, 5) is 27.2. The lowest BCUT2D eigenvalue weighted by molar-refractivity contribution is 0.0685. The van der Waals surface area contributed by atoms with E-state index in [1.165, 1.54) is 15.6 Å². The Balaban J connectivity index is 1.26. The molecule has 0 unspecified atom stereocenters. The van der Waals surface area contributed by atoms with Crippen molar-refractivity contribution < 1.29 is 13.2 Å². The second kappa shape index (κ2) is 9.03. The van der Waals surface area contributed by atoms with Crippen molar-refractivity contribution in [3.8, 4) is 11.3 Å². The van der Waals surface area contributed by atoms with Crippen LogP contribution in [0.2, 0.25) is 5.02 Å². The number of halogens is 1. The number of nitrogens with zero attached hydrogens (tertiary/aromatic N) is 5. The molecule has 1 saturated heterocycles. The second-order valence-electron chi connectivity index (χ2n) is 7.96. The molecule has 1 aliphatic rings. The molecule has 1 aliphatic heterocycles. The minimum Gasteiger partial charge on any atom is -0.333 e. The van der Waals surface area contributed by atoms with Gasteiger partial charge in [0, 0.05) is 60.1 Å². The van der Waals surface area contributed by atoms with Gasteiger partial charge in [-0.15, -0.1) is 11.3 Å². The summed E-state index contributed by atoms with van der Waals surface area (Å²) >= 11 is 7.23. The average Bonchev–Trinajstić information content (AvgIpc) is 3.28. The first-order chi connectivity index (χ1) is 16.3. The number of amides is 1. The minimum atomic E-state index is -3.66. The lowest BCUT2D eigenvalue weighted by atomic mass is 10.2. The van der Waals surface area contributed by atoms with E-state index < -0.39 is 10.0 Å². The van der Waals surface area contributed by atoms with Crippen LogP contribution in [-0.2, 0) is 10.0 Å². The Hall–Kier alpha value is -2.92. The summed E-state index contributed by atoms with van der Waals surface area (Å²) < 4.78 is 28.8. The molecule has 0 atom stereocenters. The highest BCUT2D eigenvalue weighted by Gasteiger charge is 2.32. The molecule has 1 amide bonds. The first kappa shape index (κ1) is 22.9. The molecule has 1 fully saturated rings. The number of piperazine rings is 1. The van der Waals surface area contributed by atoms with Crippen molar-refractivity contribution in [2.75, 3.05) is 26.2 Å². The normalized spacial score (nSPS) is 15.1. The molecule has 34 heavy (non-hydrogen) atoms. The van der Waals surface area contributed by atoms with Crippen LogP contribution in [0.25, 0.3) is 21.3 Å². The fourth-order valence-electron chi connectivity index (χ4n) is 3.77. The van der Waals surface area contributed by atoms with Gasteiger partial charge in [-0.1, -0.05) is 17.7 Å². The number of fused-ring (bicyclic) bond motifs is 1. The van der Waals surface area contributed by atoms with Crippen LogP contribution in [0, 0.1) is 6.92 Å². The number of hydrogen-bond acceptors (Lipinski definition) is 7. The van der Waals surface area contributed by atoms with E-state index >= 15 is 0 Å². The maximum absolute atomic E-state index is 13.2. The monoisotopic (exact) mass is 513 g/mol. The van der Waals surface area contributed by atoms with Crippen LogP contribution >= 0.6 is 22.9 Å². The maximum atomic E-state index is 13.2. The molecule has 5 rings (SSSR count). The van der Waals surface area contributed by atoms with Crippen LogP contribution in [0.15, 0.2) is 59.2 Å². The Morgan fingerprint density at radius 3 is 2.44 bits per heavy atom. The standard InChI is InChI=1S/C23H20ClN5O3S2/c1-15-4-5-25-19(10-15)17-13-26-22(27-14-17)23(30)28-6-8-29(9-7-28)34(31,32)21-11-16-2-3-18(24)12-20(16)33-21/h2-5,10-14H,6-9H2,1H3. The van der Waals surface area contributed by atoms with E-state index in [4.69, 9.17) is 11.6 Å². The number of thiophene rings is 1. The molecule has 0 N–H and O–H groups in total. The van der Waals surface area contributed by atoms with E-state index in [-0.39, 0.29) is 42.1 Å². The molecule has 0 saturated carbocycles. The third-order valence-corrected chi connectivity index (χ3v) is 9.31. The highest BCUT2D eigenvalue weighted by Crippen LogP contribution is 2.33. The molecule has 4 heterocycles. The summed E-state index contributed by atoms with van der Waals surface area (Å²) in [7, 11) is -3.66. The molecule has 11 heteroatoms. The SMILES string of the molecule is Cc1ccnc(-c2cnc(C(=O)N3CCN(S(=O)(=O)c4cc5ccc(Cl)cc5s4)CC3)nc2)c1. The summed E-state index contributed by atoms with van der Waals surface area (Å²) in [6.07, 6.45) is 4.87. The fraction of sp³-hybridized carbons (Fsp3) is 0.217. The lowest BCUT2D eigenvalue weighted by Gasteiger charge is -2.33. The zero-order valence-electron chi connectivity index (χ0n) is 18.2. The molecule has 0 spiro atoms. The number of aryl methyl sites for hydroxylation is 1. The average molecular weight is 514 g/mol. The molecule has 0 aliphatic carbocycles. The van der Waals surface area contributed by atoms with E-state index in [9.17, 15) is 13.2 Å². The zero-order chi connectivity index (χ0) is 23.9. The van der Waals surface area contributed by atoms with Gasteiger partial charge < -0.3 is 4.90 Å². The van der Waals surface area contributed by atoms with Gasteiger partial charge in [0.2, 0.25) is 5.82 Å². The fourth-order valence-corrected chi connectivity index (χ4v) is 7.02. The van der Waals surface area contributed by atoms with Gasteiger partial charge in [0.15, 0.2) is 0 Å². The van der Waals surface area contributed by atoms with Gasteiger partial charge in [0.05, 0.1) is 5.69 Å². The Morgan fingerprint density at radius 2 is 1.74 bits per heavy atom. The van der Waals surface area contributed by atoms with Crippen LogP contribution in [0.3, 0.4) is 0 Å². The smallest absolute Gasteiger partial charge is 0.291 e. The van der Waals surface area contributed by atoms with Crippen molar-refractivity contribution >= 4 is 49.0 Å². The number of benzene rings is 1. The summed E-state index contributed by atoms with van der Waals surface area (Å²) in [5, 5.41) is 1.40. The lowest BCUT2D eigenvalue weighted by Crippen LogP contribution is -2.50. The first-order valence-corrected chi connectivity index (χ1v) is 13.2. The van der Waals surface area contributed by atoms with Gasteiger partial charge in [-0.3, -0.25) is 9.78 Å².